The first-order chi connectivity index (χ1) is 26.9. The fourth-order valence-electron chi connectivity index (χ4n) is 9.31. The van der Waals surface area contributed by atoms with Crippen LogP contribution >= 0.6 is 0 Å². The third kappa shape index (κ3) is 6.32. The highest BCUT2D eigenvalue weighted by molar-refractivity contribution is 5.98. The second-order valence-corrected chi connectivity index (χ2v) is 16.0. The molecule has 4 aliphatic heterocycles. The second kappa shape index (κ2) is 13.6. The number of hydrogen-bond acceptors (Lipinski definition) is 4. The van der Waals surface area contributed by atoms with Gasteiger partial charge in [0.15, 0.2) is 0 Å². The second-order valence-electron chi connectivity index (χ2n) is 16.0. The summed E-state index contributed by atoms with van der Waals surface area (Å²) in [5.41, 5.74) is 6.26. The zero-order valence-electron chi connectivity index (χ0n) is 32.5. The average Bonchev–Trinajstić information content (AvgIpc) is 3.15. The molecule has 8 rings (SSSR count). The van der Waals surface area contributed by atoms with Crippen LogP contribution in [-0.2, 0) is 17.8 Å². The van der Waals surface area contributed by atoms with E-state index in [1.807, 2.05) is 12.1 Å². The lowest BCUT2D eigenvalue weighted by atomic mass is 9.73. The molecule has 4 heterocycles. The van der Waals surface area contributed by atoms with Crippen LogP contribution < -0.4 is 19.3 Å². The molecular weight excluding hydrogens is 739 g/mol. The molecule has 0 aromatic heterocycles. The van der Waals surface area contributed by atoms with Gasteiger partial charge in [-0.15, -0.1) is 0 Å². The number of hydrogen-bond donors (Lipinski definition) is 0. The predicted octanol–water partition coefficient (Wildman–Crippen LogP) is 12.8. The number of benzene rings is 4. The van der Waals surface area contributed by atoms with Crippen LogP contribution in [0.15, 0.2) is 56.1 Å². The fraction of sp³-hybridized carbons (Fsp3) is 0.319. The van der Waals surface area contributed by atoms with Crippen molar-refractivity contribution in [3.63, 3.8) is 0 Å². The van der Waals surface area contributed by atoms with E-state index in [-0.39, 0.29) is 16.5 Å². The van der Waals surface area contributed by atoms with Gasteiger partial charge in [0.1, 0.15) is 11.5 Å². The van der Waals surface area contributed by atoms with Gasteiger partial charge in [0.25, 0.3) is 0 Å². The maximum absolute atomic E-state index is 15.1. The maximum Gasteiger partial charge on any atom is 0.417 e. The van der Waals surface area contributed by atoms with Crippen LogP contribution in [0.2, 0.25) is 0 Å². The minimum atomic E-state index is -4.98. The largest absolute Gasteiger partial charge is 0.496 e. The Hall–Kier alpha value is -5.38. The molecule has 4 aromatic rings. The highest BCUT2D eigenvalue weighted by Gasteiger charge is 2.41. The van der Waals surface area contributed by atoms with E-state index in [2.05, 4.69) is 43.4 Å². The molecule has 4 nitrogen and oxygen atoms in total. The molecule has 0 spiro atoms. The van der Waals surface area contributed by atoms with Crippen LogP contribution in [0.5, 0.6) is 11.5 Å². The molecule has 0 amide bonds. The molecule has 0 saturated carbocycles. The van der Waals surface area contributed by atoms with Gasteiger partial charge in [0, 0.05) is 59.6 Å². The zero-order chi connectivity index (χ0) is 40.8. The summed E-state index contributed by atoms with van der Waals surface area (Å²) < 4.78 is 102. The number of anilines is 2. The highest BCUT2D eigenvalue weighted by atomic mass is 19.4. The molecule has 4 aromatic carbocycles. The minimum Gasteiger partial charge on any atom is -0.496 e. The van der Waals surface area contributed by atoms with Gasteiger partial charge in [-0.3, -0.25) is 0 Å². The normalized spacial score (nSPS) is 17.8. The minimum absolute atomic E-state index is 0.262. The number of ether oxygens (including phenoxy) is 2. The Morgan fingerprint density at radius 1 is 0.596 bits per heavy atom. The molecular formula is C47H44F6N2O2. The molecule has 10 heteroatoms. The Morgan fingerprint density at radius 3 is 1.53 bits per heavy atom. The van der Waals surface area contributed by atoms with Crippen molar-refractivity contribution in [2.24, 2.45) is 0 Å². The van der Waals surface area contributed by atoms with Crippen molar-refractivity contribution in [3.8, 4) is 11.5 Å². The summed E-state index contributed by atoms with van der Waals surface area (Å²) in [5.74, 6) is 1.04. The quantitative estimate of drug-likeness (QED) is 0.144. The van der Waals surface area contributed by atoms with Crippen molar-refractivity contribution < 1.29 is 35.8 Å². The first-order valence-corrected chi connectivity index (χ1v) is 19.1. The van der Waals surface area contributed by atoms with Crippen molar-refractivity contribution in [1.29, 1.82) is 0 Å². The van der Waals surface area contributed by atoms with Gasteiger partial charge in [0.2, 0.25) is 0 Å². The summed E-state index contributed by atoms with van der Waals surface area (Å²) in [7, 11) is 3.05. The smallest absolute Gasteiger partial charge is 0.417 e. The summed E-state index contributed by atoms with van der Waals surface area (Å²) in [6, 6.07) is 8.24. The average molecular weight is 783 g/mol. The van der Waals surface area contributed by atoms with E-state index < -0.39 is 34.3 Å². The maximum atomic E-state index is 15.1. The van der Waals surface area contributed by atoms with E-state index in [1.54, 1.807) is 13.2 Å². The number of halogens is 6. The fourth-order valence-corrected chi connectivity index (χ4v) is 9.31. The van der Waals surface area contributed by atoms with E-state index in [0.717, 1.165) is 120 Å². The summed E-state index contributed by atoms with van der Waals surface area (Å²) in [6.07, 6.45) is -1.18. The molecule has 0 radical (unpaired) electrons. The molecule has 296 valence electrons. The van der Waals surface area contributed by atoms with Crippen LogP contribution in [0.4, 0.5) is 37.7 Å². The molecule has 0 fully saturated rings. The van der Waals surface area contributed by atoms with Gasteiger partial charge in [-0.1, -0.05) is 82.2 Å². The van der Waals surface area contributed by atoms with Gasteiger partial charge in [-0.25, -0.2) is 0 Å². The lowest BCUT2D eigenvalue weighted by molar-refractivity contribution is -0.138. The van der Waals surface area contributed by atoms with Gasteiger partial charge >= 0.3 is 12.4 Å². The van der Waals surface area contributed by atoms with Crippen LogP contribution in [0.3, 0.4) is 0 Å². The Morgan fingerprint density at radius 2 is 1.04 bits per heavy atom. The topological polar surface area (TPSA) is 24.9 Å². The molecule has 0 bridgehead atoms. The highest BCUT2D eigenvalue weighted by Crippen LogP contribution is 2.53. The third-order valence-electron chi connectivity index (χ3n) is 12.2. The Balaban J connectivity index is 1.26. The van der Waals surface area contributed by atoms with Gasteiger partial charge in [-0.05, 0) is 81.8 Å². The van der Waals surface area contributed by atoms with E-state index in [9.17, 15) is 0 Å². The molecule has 0 unspecified atom stereocenters. The van der Waals surface area contributed by atoms with Crippen LogP contribution in [0.1, 0.15) is 95.2 Å². The molecule has 0 saturated heterocycles. The summed E-state index contributed by atoms with van der Waals surface area (Å²) in [4.78, 5) is 4.57. The summed E-state index contributed by atoms with van der Waals surface area (Å²) in [5, 5.41) is -1.09. The lowest BCUT2D eigenvalue weighted by Gasteiger charge is -2.45. The van der Waals surface area contributed by atoms with Crippen molar-refractivity contribution in [1.82, 2.24) is 0 Å². The van der Waals surface area contributed by atoms with Crippen LogP contribution in [0.25, 0.3) is 51.8 Å². The van der Waals surface area contributed by atoms with E-state index in [1.165, 1.54) is 25.3 Å². The number of methoxy groups -OCH3 is 2. The summed E-state index contributed by atoms with van der Waals surface area (Å²) in [6.45, 7) is 20.3. The molecule has 0 atom stereocenters. The van der Waals surface area contributed by atoms with Crippen molar-refractivity contribution in [2.45, 2.75) is 57.3 Å². The predicted molar refractivity (Wildman–Crippen MR) is 221 cm³/mol. The standard InChI is InChI=1S/C47H44F6N2O2/c1-26-16-20-54-22-18-28(3)37-41(54)35(26)24-31(43(37)56-6)10-8-29-12-14-34-33(38(29)46(48,49)50)15-13-30(39(34)47(51,52)53)9-11-32-25-36-27(2)17-21-55-23-19-45(4,5)40(42(36)55)44(32)57-7/h8-15,24-25H,1-3,16-23H2,4-7H3. The van der Waals surface area contributed by atoms with Crippen LogP contribution in [0, 0.1) is 0 Å². The van der Waals surface area contributed by atoms with E-state index in [0.29, 0.717) is 29.0 Å². The van der Waals surface area contributed by atoms with Gasteiger partial charge in [0.05, 0.1) is 36.7 Å². The van der Waals surface area contributed by atoms with E-state index in [4.69, 9.17) is 9.47 Å². The number of rotatable bonds is 6. The molecule has 57 heavy (non-hydrogen) atoms. The molecule has 4 aliphatic rings. The van der Waals surface area contributed by atoms with Crippen molar-refractivity contribution in [2.75, 3.05) is 50.2 Å². The molecule has 0 N–H and O–H groups in total. The Labute approximate surface area is 329 Å². The number of fused-ring (bicyclic) bond motifs is 1. The van der Waals surface area contributed by atoms with Gasteiger partial charge < -0.3 is 19.3 Å². The number of nitrogens with zero attached hydrogens (tertiary/aromatic N) is 2. The first kappa shape index (κ1) is 38.5. The van der Waals surface area contributed by atoms with Crippen molar-refractivity contribution >= 4 is 63.2 Å². The lowest BCUT2D eigenvalue weighted by Crippen LogP contribution is -2.40. The number of alkyl halides is 6. The monoisotopic (exact) mass is 782 g/mol. The zero-order valence-corrected chi connectivity index (χ0v) is 32.5. The Kier molecular flexibility index (Phi) is 9.21. The Bertz CT molecular complexity index is 2470. The van der Waals surface area contributed by atoms with Crippen LogP contribution in [-0.4, -0.2) is 40.4 Å². The van der Waals surface area contributed by atoms with E-state index >= 15 is 26.3 Å². The molecule has 0 aliphatic carbocycles. The third-order valence-corrected chi connectivity index (χ3v) is 12.2. The van der Waals surface area contributed by atoms with Crippen molar-refractivity contribution in [3.05, 3.63) is 112 Å². The first-order valence-electron chi connectivity index (χ1n) is 19.1. The SMILES string of the molecule is C=C1CCN2CCC(=C)c3c(OC)c(C=Cc4ccc5c(C(F)(F)F)c(C=Cc6cc7c8c(c6OC)C(C)(C)CCN8CCC7=C)ccc5c4C(F)(F)F)cc1c32. The van der Waals surface area contributed by atoms with Gasteiger partial charge in [-0.2, -0.15) is 26.3 Å². The summed E-state index contributed by atoms with van der Waals surface area (Å²) >= 11 is 0.